The summed E-state index contributed by atoms with van der Waals surface area (Å²) < 4.78 is 0. The van der Waals surface area contributed by atoms with Gasteiger partial charge in [-0.25, -0.2) is 0 Å². The highest BCUT2D eigenvalue weighted by Gasteiger charge is 2.47. The van der Waals surface area contributed by atoms with Gasteiger partial charge in [0.25, 0.3) is 11.4 Å². The topological polar surface area (TPSA) is 86.3 Å². The summed E-state index contributed by atoms with van der Waals surface area (Å²) in [4.78, 5) is 22.6. The maximum absolute atomic E-state index is 11.9. The molecule has 0 N–H and O–H groups in total. The fourth-order valence-electron chi connectivity index (χ4n) is 4.03. The third-order valence-electron chi connectivity index (χ3n) is 6.16. The predicted octanol–water partition coefficient (Wildman–Crippen LogP) is 5.19. The molecule has 0 saturated heterocycles. The first-order valence-electron chi connectivity index (χ1n) is 8.64. The van der Waals surface area contributed by atoms with E-state index >= 15 is 0 Å². The van der Waals surface area contributed by atoms with Crippen LogP contribution in [0.15, 0.2) is 6.07 Å². The Hall–Kier alpha value is -1.98. The molecule has 6 nitrogen and oxygen atoms in total. The van der Waals surface area contributed by atoms with E-state index in [1.165, 1.54) is 0 Å². The maximum atomic E-state index is 11.9. The fraction of sp³-hybridized carbons (Fsp3) is 0.667. The number of nitrogens with zero attached hydrogens (tertiary/aromatic N) is 2. The van der Waals surface area contributed by atoms with Gasteiger partial charge in [0, 0.05) is 11.6 Å². The molecule has 0 radical (unpaired) electrons. The lowest BCUT2D eigenvalue weighted by molar-refractivity contribution is -0.396. The Kier molecular flexibility index (Phi) is 4.70. The van der Waals surface area contributed by atoms with Gasteiger partial charge in [0.15, 0.2) is 0 Å². The van der Waals surface area contributed by atoms with Gasteiger partial charge < -0.3 is 0 Å². The Morgan fingerprint density at radius 3 is 1.96 bits per heavy atom. The molecular weight excluding hydrogens is 308 g/mol. The summed E-state index contributed by atoms with van der Waals surface area (Å²) in [5.41, 5.74) is 1.08. The molecule has 2 unspecified atom stereocenters. The second-order valence-electron chi connectivity index (χ2n) is 7.34. The first kappa shape index (κ1) is 18.4. The summed E-state index contributed by atoms with van der Waals surface area (Å²) in [6, 6.07) is 1.62. The van der Waals surface area contributed by atoms with Crippen LogP contribution in [0.2, 0.25) is 0 Å². The number of benzene rings is 1. The minimum atomic E-state index is -0.472. The van der Waals surface area contributed by atoms with E-state index in [1.54, 1.807) is 13.0 Å². The van der Waals surface area contributed by atoms with Crippen LogP contribution in [0.4, 0.5) is 11.4 Å². The van der Waals surface area contributed by atoms with Crippen LogP contribution in [-0.2, 0) is 17.3 Å². The van der Waals surface area contributed by atoms with Crippen LogP contribution in [-0.4, -0.2) is 9.85 Å². The van der Waals surface area contributed by atoms with Crippen LogP contribution in [0.3, 0.4) is 0 Å². The van der Waals surface area contributed by atoms with Crippen molar-refractivity contribution >= 4 is 11.4 Å². The Bertz CT molecular complexity index is 701. The lowest BCUT2D eigenvalue weighted by Crippen LogP contribution is -2.38. The van der Waals surface area contributed by atoms with Crippen molar-refractivity contribution in [3.05, 3.63) is 43.0 Å². The number of hydrogen-bond acceptors (Lipinski definition) is 4. The highest BCUT2D eigenvalue weighted by Crippen LogP contribution is 2.54. The van der Waals surface area contributed by atoms with E-state index in [4.69, 9.17) is 0 Å². The average Bonchev–Trinajstić information content (AvgIpc) is 2.56. The first-order valence-corrected chi connectivity index (χ1v) is 8.64. The van der Waals surface area contributed by atoms with Crippen molar-refractivity contribution in [1.82, 2.24) is 0 Å². The molecule has 0 fully saturated rings. The lowest BCUT2D eigenvalue weighted by Gasteiger charge is -2.44. The van der Waals surface area contributed by atoms with Gasteiger partial charge in [-0.1, -0.05) is 34.6 Å². The molecule has 2 atom stereocenters. The number of rotatable bonds is 5. The Labute approximate surface area is 142 Å². The fourth-order valence-corrected chi connectivity index (χ4v) is 4.03. The van der Waals surface area contributed by atoms with Crippen LogP contribution in [0, 0.1) is 20.2 Å². The second kappa shape index (κ2) is 6.15. The summed E-state index contributed by atoms with van der Waals surface area (Å²) in [6.45, 7) is 9.95. The van der Waals surface area contributed by atoms with Crippen molar-refractivity contribution in [3.8, 4) is 0 Å². The number of nitro groups is 2. The van der Waals surface area contributed by atoms with E-state index in [1.807, 2.05) is 13.8 Å². The summed E-state index contributed by atoms with van der Waals surface area (Å²) in [5, 5.41) is 23.5. The molecule has 0 bridgehead atoms. The van der Waals surface area contributed by atoms with Crippen molar-refractivity contribution in [2.75, 3.05) is 0 Å². The van der Waals surface area contributed by atoms with E-state index in [9.17, 15) is 20.2 Å². The Morgan fingerprint density at radius 2 is 1.54 bits per heavy atom. The smallest absolute Gasteiger partial charge is 0.258 e. The molecule has 0 spiro atoms. The van der Waals surface area contributed by atoms with Crippen molar-refractivity contribution in [1.29, 1.82) is 0 Å². The average molecular weight is 334 g/mol. The van der Waals surface area contributed by atoms with Gasteiger partial charge in [-0.3, -0.25) is 20.2 Å². The van der Waals surface area contributed by atoms with Gasteiger partial charge in [0.05, 0.1) is 9.85 Å². The van der Waals surface area contributed by atoms with Crippen molar-refractivity contribution in [3.63, 3.8) is 0 Å². The van der Waals surface area contributed by atoms with Crippen LogP contribution in [0.25, 0.3) is 0 Å². The molecule has 0 saturated carbocycles. The highest BCUT2D eigenvalue weighted by atomic mass is 16.6. The Morgan fingerprint density at radius 1 is 1.00 bits per heavy atom. The number of nitro benzene ring substituents is 2. The summed E-state index contributed by atoms with van der Waals surface area (Å²) in [6.07, 6.45) is 3.62. The van der Waals surface area contributed by atoms with Crippen LogP contribution >= 0.6 is 0 Å². The third-order valence-corrected chi connectivity index (χ3v) is 6.16. The van der Waals surface area contributed by atoms with Gasteiger partial charge in [-0.05, 0) is 48.5 Å². The second-order valence-corrected chi connectivity index (χ2v) is 7.34. The van der Waals surface area contributed by atoms with Crippen molar-refractivity contribution in [2.45, 2.75) is 77.6 Å². The summed E-state index contributed by atoms with van der Waals surface area (Å²) in [5.74, 6) is 0. The molecule has 1 aromatic carbocycles. The molecule has 6 heteroatoms. The van der Waals surface area contributed by atoms with Crippen LogP contribution < -0.4 is 0 Å². The quantitative estimate of drug-likeness (QED) is 0.547. The van der Waals surface area contributed by atoms with Gasteiger partial charge in [-0.2, -0.15) is 0 Å². The molecule has 1 aliphatic carbocycles. The number of hydrogen-bond donors (Lipinski definition) is 0. The maximum Gasteiger partial charge on any atom is 0.283 e. The largest absolute Gasteiger partial charge is 0.283 e. The van der Waals surface area contributed by atoms with Crippen molar-refractivity contribution < 1.29 is 9.85 Å². The monoisotopic (exact) mass is 334 g/mol. The normalized spacial score (nSPS) is 26.0. The third kappa shape index (κ3) is 2.58. The minimum Gasteiger partial charge on any atom is -0.258 e. The van der Waals surface area contributed by atoms with E-state index in [2.05, 4.69) is 13.8 Å². The zero-order valence-corrected chi connectivity index (χ0v) is 15.1. The van der Waals surface area contributed by atoms with E-state index in [-0.39, 0.29) is 34.2 Å². The minimum absolute atomic E-state index is 0.0228. The highest BCUT2D eigenvalue weighted by molar-refractivity contribution is 5.66. The molecule has 2 rings (SSSR count). The summed E-state index contributed by atoms with van der Waals surface area (Å²) in [7, 11) is 0. The zero-order valence-electron chi connectivity index (χ0n) is 15.1. The molecule has 0 amide bonds. The van der Waals surface area contributed by atoms with E-state index < -0.39 is 9.85 Å². The van der Waals surface area contributed by atoms with Crippen LogP contribution in [0.1, 0.15) is 77.0 Å². The summed E-state index contributed by atoms with van der Waals surface area (Å²) >= 11 is 0. The van der Waals surface area contributed by atoms with Gasteiger partial charge in [0.1, 0.15) is 5.56 Å². The lowest BCUT2D eigenvalue weighted by atomic mass is 9.59. The van der Waals surface area contributed by atoms with Crippen molar-refractivity contribution in [2.24, 2.45) is 0 Å². The number of fused-ring (bicyclic) bond motifs is 1. The molecule has 24 heavy (non-hydrogen) atoms. The molecule has 1 aliphatic rings. The molecular formula is C18H26N2O4. The first-order chi connectivity index (χ1) is 11.1. The van der Waals surface area contributed by atoms with Gasteiger partial charge >= 0.3 is 0 Å². The molecule has 0 aliphatic heterocycles. The molecule has 0 heterocycles. The molecule has 132 valence electrons. The standard InChI is InChI=1S/C18H26N2O4/c1-6-12-14(19(21)22)11-13-15(16(12)20(23)24)18(5,8-3)10-9-17(13,4)7-2/h11H,6-10H2,1-5H3. The SMILES string of the molecule is CCc1c([N+](=O)[O-])cc2c(c1[N+](=O)[O-])C(C)(CC)CCC2(C)CC. The zero-order chi connectivity index (χ0) is 18.3. The van der Waals surface area contributed by atoms with E-state index in [0.29, 0.717) is 0 Å². The Balaban J connectivity index is 3.02. The van der Waals surface area contributed by atoms with Gasteiger partial charge in [-0.15, -0.1) is 0 Å². The van der Waals surface area contributed by atoms with Gasteiger partial charge in [0.2, 0.25) is 0 Å². The van der Waals surface area contributed by atoms with E-state index in [0.717, 1.165) is 36.8 Å². The predicted molar refractivity (Wildman–Crippen MR) is 93.6 cm³/mol. The van der Waals surface area contributed by atoms with Crippen LogP contribution in [0.5, 0.6) is 0 Å². The molecule has 1 aromatic rings. The molecule has 0 aromatic heterocycles.